The molecule has 0 fully saturated rings. The fraction of sp³-hybridized carbons (Fsp3) is 0.455. The van der Waals surface area contributed by atoms with Crippen LogP contribution in [0.25, 0.3) is 0 Å². The molecule has 1 atom stereocenters. The molecular formula is C11H17NO3. The van der Waals surface area contributed by atoms with Crippen molar-refractivity contribution in [2.24, 2.45) is 5.73 Å². The third kappa shape index (κ3) is 2.40. The van der Waals surface area contributed by atoms with Crippen molar-refractivity contribution in [3.8, 4) is 11.5 Å². The largest absolute Gasteiger partial charge is 0.496 e. The molecule has 0 spiro atoms. The van der Waals surface area contributed by atoms with Crippen molar-refractivity contribution < 1.29 is 14.6 Å². The number of ether oxygens (including phenoxy) is 2. The van der Waals surface area contributed by atoms with Gasteiger partial charge in [0, 0.05) is 18.0 Å². The molecule has 15 heavy (non-hydrogen) atoms. The number of rotatable bonds is 5. The van der Waals surface area contributed by atoms with E-state index >= 15 is 0 Å². The lowest BCUT2D eigenvalue weighted by atomic mass is 9.98. The molecule has 0 bridgehead atoms. The maximum atomic E-state index is 9.23. The molecule has 1 aromatic carbocycles. The summed E-state index contributed by atoms with van der Waals surface area (Å²) in [7, 11) is 3.17. The van der Waals surface area contributed by atoms with Gasteiger partial charge in [0.15, 0.2) is 0 Å². The van der Waals surface area contributed by atoms with E-state index in [4.69, 9.17) is 15.2 Å². The van der Waals surface area contributed by atoms with Crippen LogP contribution in [0.5, 0.6) is 11.5 Å². The van der Waals surface area contributed by atoms with Crippen LogP contribution in [0.2, 0.25) is 0 Å². The highest BCUT2D eigenvalue weighted by Crippen LogP contribution is 2.34. The minimum Gasteiger partial charge on any atom is -0.496 e. The fourth-order valence-electron chi connectivity index (χ4n) is 1.57. The zero-order valence-corrected chi connectivity index (χ0v) is 9.06. The Hall–Kier alpha value is -1.26. The van der Waals surface area contributed by atoms with Gasteiger partial charge in [-0.1, -0.05) is 6.07 Å². The lowest BCUT2D eigenvalue weighted by Crippen LogP contribution is -2.17. The minimum absolute atomic E-state index is 0.0206. The van der Waals surface area contributed by atoms with Crippen molar-refractivity contribution in [2.75, 3.05) is 27.4 Å². The number of aliphatic hydroxyl groups is 1. The highest BCUT2D eigenvalue weighted by atomic mass is 16.5. The van der Waals surface area contributed by atoms with Gasteiger partial charge in [-0.05, 0) is 12.1 Å². The predicted octanol–water partition coefficient (Wildman–Crippen LogP) is 0.738. The lowest BCUT2D eigenvalue weighted by molar-refractivity contribution is 0.260. The zero-order chi connectivity index (χ0) is 11.3. The Morgan fingerprint density at radius 1 is 1.27 bits per heavy atom. The minimum atomic E-state index is -0.156. The quantitative estimate of drug-likeness (QED) is 0.754. The second-order valence-corrected chi connectivity index (χ2v) is 3.19. The molecule has 0 heterocycles. The van der Waals surface area contributed by atoms with E-state index < -0.39 is 0 Å². The fourth-order valence-corrected chi connectivity index (χ4v) is 1.57. The molecule has 1 aromatic rings. The molecule has 0 aliphatic rings. The smallest absolute Gasteiger partial charge is 0.126 e. The third-order valence-corrected chi connectivity index (χ3v) is 2.38. The molecule has 4 nitrogen and oxygen atoms in total. The maximum Gasteiger partial charge on any atom is 0.126 e. The topological polar surface area (TPSA) is 64.7 Å². The van der Waals surface area contributed by atoms with Crippen LogP contribution in [0, 0.1) is 0 Å². The summed E-state index contributed by atoms with van der Waals surface area (Å²) < 4.78 is 10.5. The van der Waals surface area contributed by atoms with Crippen LogP contribution in [-0.4, -0.2) is 32.5 Å². The van der Waals surface area contributed by atoms with E-state index in [0.717, 1.165) is 5.56 Å². The Morgan fingerprint density at radius 3 is 2.13 bits per heavy atom. The van der Waals surface area contributed by atoms with Gasteiger partial charge in [-0.2, -0.15) is 0 Å². The van der Waals surface area contributed by atoms with Gasteiger partial charge in [-0.3, -0.25) is 0 Å². The monoisotopic (exact) mass is 211 g/mol. The van der Waals surface area contributed by atoms with E-state index in [0.29, 0.717) is 18.0 Å². The first-order valence-corrected chi connectivity index (χ1v) is 4.80. The van der Waals surface area contributed by atoms with Crippen LogP contribution >= 0.6 is 0 Å². The molecule has 1 rings (SSSR count). The predicted molar refractivity (Wildman–Crippen MR) is 58.4 cm³/mol. The first-order valence-electron chi connectivity index (χ1n) is 4.80. The normalized spacial score (nSPS) is 12.3. The standard InChI is InChI=1S/C11H17NO3/c1-14-9-4-3-5-10(15-2)11(9)8(6-12)7-13/h3-5,8,13H,6-7,12H2,1-2H3. The Labute approximate surface area is 89.6 Å². The van der Waals surface area contributed by atoms with Gasteiger partial charge in [0.05, 0.1) is 20.8 Å². The Bertz CT molecular complexity index is 288. The van der Waals surface area contributed by atoms with Crippen molar-refractivity contribution in [3.05, 3.63) is 23.8 Å². The molecule has 84 valence electrons. The van der Waals surface area contributed by atoms with E-state index in [1.807, 2.05) is 18.2 Å². The van der Waals surface area contributed by atoms with E-state index in [-0.39, 0.29) is 12.5 Å². The molecule has 0 amide bonds. The van der Waals surface area contributed by atoms with Gasteiger partial charge < -0.3 is 20.3 Å². The number of nitrogens with two attached hydrogens (primary N) is 1. The zero-order valence-electron chi connectivity index (χ0n) is 9.06. The summed E-state index contributed by atoms with van der Waals surface area (Å²) in [5.41, 5.74) is 6.42. The van der Waals surface area contributed by atoms with Crippen molar-refractivity contribution >= 4 is 0 Å². The molecule has 0 aromatic heterocycles. The van der Waals surface area contributed by atoms with Crippen LogP contribution in [0.1, 0.15) is 11.5 Å². The average Bonchev–Trinajstić information content (AvgIpc) is 2.30. The lowest BCUT2D eigenvalue weighted by Gasteiger charge is -2.18. The molecule has 0 aliphatic carbocycles. The summed E-state index contributed by atoms with van der Waals surface area (Å²) >= 11 is 0. The van der Waals surface area contributed by atoms with Gasteiger partial charge in [-0.15, -0.1) is 0 Å². The number of hydrogen-bond donors (Lipinski definition) is 2. The number of hydrogen-bond acceptors (Lipinski definition) is 4. The van der Waals surface area contributed by atoms with Crippen molar-refractivity contribution in [1.29, 1.82) is 0 Å². The second-order valence-electron chi connectivity index (χ2n) is 3.19. The van der Waals surface area contributed by atoms with Crippen molar-refractivity contribution in [3.63, 3.8) is 0 Å². The molecule has 0 saturated carbocycles. The van der Waals surface area contributed by atoms with Crippen molar-refractivity contribution in [1.82, 2.24) is 0 Å². The molecule has 0 radical (unpaired) electrons. The van der Waals surface area contributed by atoms with Crippen LogP contribution in [0.15, 0.2) is 18.2 Å². The maximum absolute atomic E-state index is 9.23. The van der Waals surface area contributed by atoms with Crippen LogP contribution in [-0.2, 0) is 0 Å². The number of methoxy groups -OCH3 is 2. The van der Waals surface area contributed by atoms with Crippen molar-refractivity contribution in [2.45, 2.75) is 5.92 Å². The van der Waals surface area contributed by atoms with Crippen LogP contribution in [0.3, 0.4) is 0 Å². The SMILES string of the molecule is COc1cccc(OC)c1C(CN)CO. The van der Waals surface area contributed by atoms with Gasteiger partial charge in [-0.25, -0.2) is 0 Å². The summed E-state index contributed by atoms with van der Waals surface area (Å²) in [5, 5.41) is 9.23. The summed E-state index contributed by atoms with van der Waals surface area (Å²) in [6, 6.07) is 5.50. The summed E-state index contributed by atoms with van der Waals surface area (Å²) in [6.45, 7) is 0.334. The van der Waals surface area contributed by atoms with Gasteiger partial charge in [0.2, 0.25) is 0 Å². The summed E-state index contributed by atoms with van der Waals surface area (Å²) in [6.07, 6.45) is 0. The molecule has 0 saturated heterocycles. The van der Waals surface area contributed by atoms with E-state index in [2.05, 4.69) is 0 Å². The van der Waals surface area contributed by atoms with E-state index in [9.17, 15) is 5.11 Å². The Kier molecular flexibility index (Phi) is 4.39. The first-order chi connectivity index (χ1) is 7.28. The van der Waals surface area contributed by atoms with E-state index in [1.165, 1.54) is 0 Å². The van der Waals surface area contributed by atoms with Gasteiger partial charge in [0.1, 0.15) is 11.5 Å². The third-order valence-electron chi connectivity index (χ3n) is 2.38. The summed E-state index contributed by atoms with van der Waals surface area (Å²) in [4.78, 5) is 0. The Morgan fingerprint density at radius 2 is 1.80 bits per heavy atom. The number of aliphatic hydroxyl groups excluding tert-OH is 1. The highest BCUT2D eigenvalue weighted by Gasteiger charge is 2.18. The van der Waals surface area contributed by atoms with Crippen LogP contribution < -0.4 is 15.2 Å². The van der Waals surface area contributed by atoms with Crippen LogP contribution in [0.4, 0.5) is 0 Å². The molecule has 0 aliphatic heterocycles. The first kappa shape index (κ1) is 11.8. The average molecular weight is 211 g/mol. The van der Waals surface area contributed by atoms with Gasteiger partial charge >= 0.3 is 0 Å². The molecule has 4 heteroatoms. The van der Waals surface area contributed by atoms with Gasteiger partial charge in [0.25, 0.3) is 0 Å². The molecule has 1 unspecified atom stereocenters. The number of benzene rings is 1. The van der Waals surface area contributed by atoms with E-state index in [1.54, 1.807) is 14.2 Å². The molecule has 3 N–H and O–H groups in total. The second kappa shape index (κ2) is 5.58. The summed E-state index contributed by atoms with van der Waals surface area (Å²) in [5.74, 6) is 1.23. The molecular weight excluding hydrogens is 194 g/mol. The Balaban J connectivity index is 3.20. The highest BCUT2D eigenvalue weighted by molar-refractivity contribution is 5.47.